The number of rotatable bonds is 5. The lowest BCUT2D eigenvalue weighted by Crippen LogP contribution is -2.13. The van der Waals surface area contributed by atoms with Crippen LogP contribution in [-0.2, 0) is 0 Å². The van der Waals surface area contributed by atoms with Crippen LogP contribution in [0.15, 0.2) is 36.8 Å². The van der Waals surface area contributed by atoms with Gasteiger partial charge in [-0.05, 0) is 24.5 Å². The monoisotopic (exact) mass is 324 g/mol. The molecule has 0 amide bonds. The van der Waals surface area contributed by atoms with Crippen LogP contribution in [0.3, 0.4) is 0 Å². The van der Waals surface area contributed by atoms with Gasteiger partial charge in [0.1, 0.15) is 5.52 Å². The van der Waals surface area contributed by atoms with E-state index in [1.54, 1.807) is 18.6 Å². The Hall–Kier alpha value is -2.76. The minimum absolute atomic E-state index is 0.0512. The third-order valence-electron chi connectivity index (χ3n) is 3.83. The van der Waals surface area contributed by atoms with Crippen molar-refractivity contribution in [2.75, 3.05) is 7.11 Å². The van der Waals surface area contributed by atoms with Crippen molar-refractivity contribution in [1.82, 2.24) is 19.5 Å². The Morgan fingerprint density at radius 2 is 2.12 bits per heavy atom. The van der Waals surface area contributed by atoms with Gasteiger partial charge in [-0.1, -0.05) is 19.9 Å². The number of imidazole rings is 1. The number of aromatic nitrogens is 4. The van der Waals surface area contributed by atoms with Gasteiger partial charge in [-0.15, -0.1) is 0 Å². The number of carbonyl (C=O) groups is 1. The summed E-state index contributed by atoms with van der Waals surface area (Å²) in [5, 5.41) is 0. The van der Waals surface area contributed by atoms with E-state index in [9.17, 15) is 4.79 Å². The first kappa shape index (κ1) is 16.1. The van der Waals surface area contributed by atoms with Crippen LogP contribution in [0.1, 0.15) is 31.5 Å². The van der Waals surface area contributed by atoms with Gasteiger partial charge in [0, 0.05) is 36.1 Å². The van der Waals surface area contributed by atoms with Gasteiger partial charge < -0.3 is 4.74 Å². The summed E-state index contributed by atoms with van der Waals surface area (Å²) in [5.41, 5.74) is 3.00. The van der Waals surface area contributed by atoms with E-state index in [0.717, 1.165) is 17.5 Å². The third-order valence-corrected chi connectivity index (χ3v) is 3.83. The van der Waals surface area contributed by atoms with Gasteiger partial charge in [-0.2, -0.15) is 4.98 Å². The molecule has 0 saturated carbocycles. The second-order valence-corrected chi connectivity index (χ2v) is 6.07. The maximum absolute atomic E-state index is 12.6. The first-order valence-electron chi connectivity index (χ1n) is 7.96. The average molecular weight is 324 g/mol. The van der Waals surface area contributed by atoms with Crippen molar-refractivity contribution >= 4 is 17.1 Å². The number of nitrogens with zero attached hydrogens (tertiary/aromatic N) is 4. The van der Waals surface area contributed by atoms with Crippen molar-refractivity contribution in [3.05, 3.63) is 36.8 Å². The molecule has 24 heavy (non-hydrogen) atoms. The van der Waals surface area contributed by atoms with Crippen LogP contribution in [0.25, 0.3) is 22.3 Å². The lowest BCUT2D eigenvalue weighted by Gasteiger charge is -2.07. The van der Waals surface area contributed by atoms with Gasteiger partial charge in [0.05, 0.1) is 7.11 Å². The molecule has 0 aliphatic carbocycles. The molecule has 0 radical (unpaired) electrons. The summed E-state index contributed by atoms with van der Waals surface area (Å²) in [6, 6.07) is 6.00. The minimum Gasteiger partial charge on any atom is -0.468 e. The minimum atomic E-state index is -0.0512. The number of ether oxygens (including phenoxy) is 1. The van der Waals surface area contributed by atoms with Crippen LogP contribution < -0.4 is 4.74 Å². The zero-order chi connectivity index (χ0) is 17.1. The molecule has 3 aromatic heterocycles. The Morgan fingerprint density at radius 1 is 1.29 bits per heavy atom. The Labute approximate surface area is 140 Å². The molecule has 0 aliphatic rings. The summed E-state index contributed by atoms with van der Waals surface area (Å²) in [6.07, 6.45) is 6.47. The van der Waals surface area contributed by atoms with Crippen molar-refractivity contribution in [2.45, 2.75) is 26.7 Å². The van der Waals surface area contributed by atoms with E-state index < -0.39 is 0 Å². The molecular weight excluding hydrogens is 304 g/mol. The molecule has 3 heterocycles. The molecule has 0 unspecified atom stereocenters. The van der Waals surface area contributed by atoms with E-state index in [0.29, 0.717) is 23.5 Å². The predicted molar refractivity (Wildman–Crippen MR) is 92.0 cm³/mol. The maximum atomic E-state index is 12.6. The summed E-state index contributed by atoms with van der Waals surface area (Å²) in [5.74, 6) is 0.407. The van der Waals surface area contributed by atoms with Crippen molar-refractivity contribution in [1.29, 1.82) is 0 Å². The van der Waals surface area contributed by atoms with Gasteiger partial charge in [0.25, 0.3) is 0 Å². The van der Waals surface area contributed by atoms with Crippen molar-refractivity contribution in [3.63, 3.8) is 0 Å². The molecule has 0 bridgehead atoms. The van der Waals surface area contributed by atoms with Crippen molar-refractivity contribution < 1.29 is 9.53 Å². The zero-order valence-corrected chi connectivity index (χ0v) is 14.1. The van der Waals surface area contributed by atoms with E-state index in [2.05, 4.69) is 28.8 Å². The van der Waals surface area contributed by atoms with E-state index in [1.165, 1.54) is 11.7 Å². The van der Waals surface area contributed by atoms with E-state index in [1.807, 2.05) is 18.2 Å². The zero-order valence-electron chi connectivity index (χ0n) is 14.1. The Bertz CT molecular complexity index is 856. The van der Waals surface area contributed by atoms with Gasteiger partial charge in [0.2, 0.25) is 5.91 Å². The van der Waals surface area contributed by atoms with Crippen LogP contribution >= 0.6 is 0 Å². The summed E-state index contributed by atoms with van der Waals surface area (Å²) >= 11 is 0. The molecule has 0 fully saturated rings. The van der Waals surface area contributed by atoms with Crippen LogP contribution in [0, 0.1) is 5.92 Å². The van der Waals surface area contributed by atoms with Crippen LogP contribution in [-0.4, -0.2) is 32.5 Å². The second-order valence-electron chi connectivity index (χ2n) is 6.07. The van der Waals surface area contributed by atoms with E-state index >= 15 is 0 Å². The standard InChI is InChI=1S/C18H20N4O2/c1-12(2)6-7-16(23)22-17-15(21-18(22)24-3)9-14(11-20-17)13-5-4-8-19-10-13/h4-5,8-12H,6-7H2,1-3H3. The molecule has 3 aromatic rings. The fourth-order valence-corrected chi connectivity index (χ4v) is 2.52. The Balaban J connectivity index is 2.02. The molecule has 0 saturated heterocycles. The van der Waals surface area contributed by atoms with Crippen molar-refractivity contribution in [2.24, 2.45) is 5.92 Å². The van der Waals surface area contributed by atoms with Gasteiger partial charge in [0.15, 0.2) is 5.65 Å². The highest BCUT2D eigenvalue weighted by molar-refractivity contribution is 5.91. The quantitative estimate of drug-likeness (QED) is 0.717. The highest BCUT2D eigenvalue weighted by Crippen LogP contribution is 2.25. The number of fused-ring (bicyclic) bond motifs is 1. The molecule has 6 nitrogen and oxygen atoms in total. The van der Waals surface area contributed by atoms with Gasteiger partial charge in [-0.3, -0.25) is 9.78 Å². The van der Waals surface area contributed by atoms with Crippen LogP contribution in [0.4, 0.5) is 0 Å². The fraction of sp³-hybridized carbons (Fsp3) is 0.333. The summed E-state index contributed by atoms with van der Waals surface area (Å²) in [7, 11) is 1.51. The van der Waals surface area contributed by atoms with E-state index in [-0.39, 0.29) is 11.9 Å². The highest BCUT2D eigenvalue weighted by atomic mass is 16.5. The molecule has 0 aromatic carbocycles. The number of methoxy groups -OCH3 is 1. The van der Waals surface area contributed by atoms with E-state index in [4.69, 9.17) is 4.74 Å². The maximum Gasteiger partial charge on any atom is 0.305 e. The number of hydrogen-bond donors (Lipinski definition) is 0. The summed E-state index contributed by atoms with van der Waals surface area (Å²) < 4.78 is 6.75. The SMILES string of the molecule is COc1nc2cc(-c3cccnc3)cnc2n1C(=O)CCC(C)C. The molecule has 0 N–H and O–H groups in total. The molecular formula is C18H20N4O2. The molecule has 0 spiro atoms. The smallest absolute Gasteiger partial charge is 0.305 e. The molecule has 0 atom stereocenters. The summed E-state index contributed by atoms with van der Waals surface area (Å²) in [4.78, 5) is 25.5. The Morgan fingerprint density at radius 3 is 2.79 bits per heavy atom. The number of hydrogen-bond acceptors (Lipinski definition) is 5. The Kier molecular flexibility index (Phi) is 4.55. The molecule has 124 valence electrons. The number of carbonyl (C=O) groups excluding carboxylic acids is 1. The first-order valence-corrected chi connectivity index (χ1v) is 7.96. The predicted octanol–water partition coefficient (Wildman–Crippen LogP) is 3.58. The topological polar surface area (TPSA) is 69.9 Å². The highest BCUT2D eigenvalue weighted by Gasteiger charge is 2.19. The lowest BCUT2D eigenvalue weighted by molar-refractivity contribution is 0.0888. The second kappa shape index (κ2) is 6.78. The van der Waals surface area contributed by atoms with Crippen LogP contribution in [0.2, 0.25) is 0 Å². The molecule has 6 heteroatoms. The van der Waals surface area contributed by atoms with Crippen LogP contribution in [0.5, 0.6) is 6.01 Å². The lowest BCUT2D eigenvalue weighted by atomic mass is 10.1. The number of pyridine rings is 2. The van der Waals surface area contributed by atoms with Crippen molar-refractivity contribution in [3.8, 4) is 17.1 Å². The van der Waals surface area contributed by atoms with Gasteiger partial charge in [-0.25, -0.2) is 9.55 Å². The summed E-state index contributed by atoms with van der Waals surface area (Å²) in [6.45, 7) is 4.18. The normalized spacial score (nSPS) is 11.2. The molecule has 3 rings (SSSR count). The third kappa shape index (κ3) is 3.13. The largest absolute Gasteiger partial charge is 0.468 e. The average Bonchev–Trinajstić information content (AvgIpc) is 2.98. The first-order chi connectivity index (χ1) is 11.6. The van der Waals surface area contributed by atoms with Gasteiger partial charge >= 0.3 is 6.01 Å². The molecule has 0 aliphatic heterocycles. The fourth-order valence-electron chi connectivity index (χ4n) is 2.52.